The first-order chi connectivity index (χ1) is 10.6. The van der Waals surface area contributed by atoms with Gasteiger partial charge in [-0.15, -0.1) is 21.5 Å². The van der Waals surface area contributed by atoms with Gasteiger partial charge < -0.3 is 9.15 Å². The van der Waals surface area contributed by atoms with E-state index >= 15 is 0 Å². The Bertz CT molecular complexity index is 768. The highest BCUT2D eigenvalue weighted by molar-refractivity contribution is 7.13. The van der Waals surface area contributed by atoms with Crippen LogP contribution < -0.4 is 4.74 Å². The molecule has 1 atom stereocenters. The fraction of sp³-hybridized carbons (Fsp3) is 0.143. The molecular formula is C14H11N3O4S. The SMILES string of the molecule is C[C@H](Oc1ccc([N+](=O)[O-])cc1)c1nnc(-c2cccs2)o1. The van der Waals surface area contributed by atoms with Gasteiger partial charge in [0.15, 0.2) is 6.10 Å². The van der Waals surface area contributed by atoms with Crippen molar-refractivity contribution >= 4 is 17.0 Å². The lowest BCUT2D eigenvalue weighted by molar-refractivity contribution is -0.384. The topological polar surface area (TPSA) is 91.3 Å². The van der Waals surface area contributed by atoms with Crippen LogP contribution in [0.15, 0.2) is 46.2 Å². The molecule has 0 aliphatic carbocycles. The summed E-state index contributed by atoms with van der Waals surface area (Å²) in [5, 5.41) is 20.5. The van der Waals surface area contributed by atoms with Crippen LogP contribution in [-0.2, 0) is 0 Å². The van der Waals surface area contributed by atoms with Crippen molar-refractivity contribution < 1.29 is 14.1 Å². The Hall–Kier alpha value is -2.74. The van der Waals surface area contributed by atoms with Crippen molar-refractivity contribution in [3.63, 3.8) is 0 Å². The van der Waals surface area contributed by atoms with Gasteiger partial charge in [0.1, 0.15) is 5.75 Å². The Balaban J connectivity index is 1.71. The van der Waals surface area contributed by atoms with Crippen molar-refractivity contribution in [2.45, 2.75) is 13.0 Å². The van der Waals surface area contributed by atoms with E-state index in [1.807, 2.05) is 17.5 Å². The number of rotatable bonds is 5. The average Bonchev–Trinajstić information content (AvgIpc) is 3.19. The van der Waals surface area contributed by atoms with Crippen molar-refractivity contribution in [2.24, 2.45) is 0 Å². The van der Waals surface area contributed by atoms with Crippen LogP contribution in [0.5, 0.6) is 5.75 Å². The lowest BCUT2D eigenvalue weighted by atomic mass is 10.3. The van der Waals surface area contributed by atoms with E-state index in [2.05, 4.69) is 10.2 Å². The summed E-state index contributed by atoms with van der Waals surface area (Å²) < 4.78 is 11.2. The standard InChI is InChI=1S/C14H11N3O4S/c1-9(20-11-6-4-10(5-7-11)17(18)19)13-15-16-14(21-13)12-3-2-8-22-12/h2-9H,1H3/t9-/m0/s1. The van der Waals surface area contributed by atoms with Crippen molar-refractivity contribution in [1.29, 1.82) is 0 Å². The van der Waals surface area contributed by atoms with E-state index in [4.69, 9.17) is 9.15 Å². The minimum Gasteiger partial charge on any atom is -0.481 e. The molecule has 2 heterocycles. The second-order valence-electron chi connectivity index (χ2n) is 4.43. The third-order valence-corrected chi connectivity index (χ3v) is 3.74. The number of nitro groups is 1. The molecule has 2 aromatic heterocycles. The van der Waals surface area contributed by atoms with Gasteiger partial charge in [-0.05, 0) is 30.5 Å². The van der Waals surface area contributed by atoms with Gasteiger partial charge in [-0.25, -0.2) is 0 Å². The number of ether oxygens (including phenoxy) is 1. The van der Waals surface area contributed by atoms with Crippen LogP contribution in [0, 0.1) is 10.1 Å². The number of benzene rings is 1. The van der Waals surface area contributed by atoms with Crippen LogP contribution in [0.2, 0.25) is 0 Å². The second-order valence-corrected chi connectivity index (χ2v) is 5.38. The molecule has 0 fully saturated rings. The van der Waals surface area contributed by atoms with Crippen molar-refractivity contribution in [2.75, 3.05) is 0 Å². The zero-order valence-electron chi connectivity index (χ0n) is 11.5. The van der Waals surface area contributed by atoms with E-state index in [1.54, 1.807) is 6.92 Å². The summed E-state index contributed by atoms with van der Waals surface area (Å²) >= 11 is 1.51. The molecule has 3 aromatic rings. The average molecular weight is 317 g/mol. The summed E-state index contributed by atoms with van der Waals surface area (Å²) in [6.07, 6.45) is -0.456. The van der Waals surface area contributed by atoms with Gasteiger partial charge in [0, 0.05) is 12.1 Å². The summed E-state index contributed by atoms with van der Waals surface area (Å²) in [4.78, 5) is 11.0. The van der Waals surface area contributed by atoms with Crippen LogP contribution in [0.25, 0.3) is 10.8 Å². The van der Waals surface area contributed by atoms with E-state index in [9.17, 15) is 10.1 Å². The maximum Gasteiger partial charge on any atom is 0.269 e. The van der Waals surface area contributed by atoms with E-state index < -0.39 is 11.0 Å². The summed E-state index contributed by atoms with van der Waals surface area (Å²) in [6.45, 7) is 1.77. The molecule has 0 saturated heterocycles. The van der Waals surface area contributed by atoms with Crippen LogP contribution in [0.4, 0.5) is 5.69 Å². The van der Waals surface area contributed by atoms with E-state index in [0.29, 0.717) is 17.5 Å². The lowest BCUT2D eigenvalue weighted by Crippen LogP contribution is -2.03. The molecule has 0 amide bonds. The first kappa shape index (κ1) is 14.2. The van der Waals surface area contributed by atoms with Crippen molar-refractivity contribution in [3.05, 3.63) is 57.8 Å². The van der Waals surface area contributed by atoms with Gasteiger partial charge in [-0.3, -0.25) is 10.1 Å². The molecule has 0 aliphatic heterocycles. The molecule has 0 bridgehead atoms. The van der Waals surface area contributed by atoms with Gasteiger partial charge in [0.2, 0.25) is 0 Å². The van der Waals surface area contributed by atoms with Crippen LogP contribution in [-0.4, -0.2) is 15.1 Å². The fourth-order valence-corrected chi connectivity index (χ4v) is 2.44. The van der Waals surface area contributed by atoms with Gasteiger partial charge in [0.25, 0.3) is 17.5 Å². The molecule has 0 aliphatic rings. The van der Waals surface area contributed by atoms with E-state index in [-0.39, 0.29) is 5.69 Å². The third kappa shape index (κ3) is 2.96. The monoisotopic (exact) mass is 317 g/mol. The largest absolute Gasteiger partial charge is 0.481 e. The predicted molar refractivity (Wildman–Crippen MR) is 79.8 cm³/mol. The van der Waals surface area contributed by atoms with Crippen LogP contribution in [0.3, 0.4) is 0 Å². The highest BCUT2D eigenvalue weighted by atomic mass is 32.1. The Morgan fingerprint density at radius 2 is 2.05 bits per heavy atom. The molecule has 22 heavy (non-hydrogen) atoms. The maximum atomic E-state index is 10.6. The number of non-ortho nitro benzene ring substituents is 1. The minimum atomic E-state index is -0.460. The highest BCUT2D eigenvalue weighted by Crippen LogP contribution is 2.27. The number of hydrogen-bond donors (Lipinski definition) is 0. The molecule has 0 radical (unpaired) electrons. The van der Waals surface area contributed by atoms with Gasteiger partial charge in [-0.2, -0.15) is 0 Å². The highest BCUT2D eigenvalue weighted by Gasteiger charge is 2.17. The molecule has 0 spiro atoms. The van der Waals surface area contributed by atoms with E-state index in [1.165, 1.54) is 35.6 Å². The van der Waals surface area contributed by atoms with Crippen LogP contribution >= 0.6 is 11.3 Å². The van der Waals surface area contributed by atoms with E-state index in [0.717, 1.165) is 4.88 Å². The molecular weight excluding hydrogens is 306 g/mol. The van der Waals surface area contributed by atoms with Gasteiger partial charge in [-0.1, -0.05) is 6.07 Å². The molecule has 3 rings (SSSR count). The smallest absolute Gasteiger partial charge is 0.269 e. The normalized spacial score (nSPS) is 12.0. The Kier molecular flexibility index (Phi) is 3.84. The van der Waals surface area contributed by atoms with Crippen molar-refractivity contribution in [1.82, 2.24) is 10.2 Å². The first-order valence-electron chi connectivity index (χ1n) is 6.42. The molecule has 8 heteroatoms. The lowest BCUT2D eigenvalue weighted by Gasteiger charge is -2.10. The van der Waals surface area contributed by atoms with Gasteiger partial charge >= 0.3 is 0 Å². The summed E-state index contributed by atoms with van der Waals surface area (Å²) in [7, 11) is 0. The number of hydrogen-bond acceptors (Lipinski definition) is 7. The van der Waals surface area contributed by atoms with Gasteiger partial charge in [0.05, 0.1) is 9.80 Å². The van der Waals surface area contributed by atoms with Crippen molar-refractivity contribution in [3.8, 4) is 16.5 Å². The summed E-state index contributed by atoms with van der Waals surface area (Å²) in [5.74, 6) is 1.29. The number of aromatic nitrogens is 2. The second kappa shape index (κ2) is 5.94. The Morgan fingerprint density at radius 3 is 2.68 bits per heavy atom. The molecule has 1 aromatic carbocycles. The first-order valence-corrected chi connectivity index (χ1v) is 7.30. The molecule has 0 N–H and O–H groups in total. The number of thiophene rings is 1. The number of nitro benzene ring substituents is 1. The summed E-state index contributed by atoms with van der Waals surface area (Å²) in [5.41, 5.74) is 0.0118. The predicted octanol–water partition coefficient (Wildman–Crippen LogP) is 3.85. The number of nitrogens with zero attached hydrogens (tertiary/aromatic N) is 3. The fourth-order valence-electron chi connectivity index (χ4n) is 1.80. The minimum absolute atomic E-state index is 0.0118. The zero-order chi connectivity index (χ0) is 15.5. The Morgan fingerprint density at radius 1 is 1.27 bits per heavy atom. The zero-order valence-corrected chi connectivity index (χ0v) is 12.3. The van der Waals surface area contributed by atoms with Crippen LogP contribution in [0.1, 0.15) is 18.9 Å². The molecule has 0 unspecified atom stereocenters. The Labute approximate surface area is 129 Å². The molecule has 7 nitrogen and oxygen atoms in total. The quantitative estimate of drug-likeness (QED) is 0.524. The third-order valence-electron chi connectivity index (χ3n) is 2.88. The molecule has 112 valence electrons. The summed E-state index contributed by atoms with van der Waals surface area (Å²) in [6, 6.07) is 9.63. The maximum absolute atomic E-state index is 10.6. The molecule has 0 saturated carbocycles.